The van der Waals surface area contributed by atoms with E-state index in [0.717, 1.165) is 41.6 Å². The maximum Gasteiger partial charge on any atom is 0.320 e. The zero-order chi connectivity index (χ0) is 23.9. The van der Waals surface area contributed by atoms with Gasteiger partial charge in [-0.25, -0.2) is 4.98 Å². The van der Waals surface area contributed by atoms with E-state index in [1.54, 1.807) is 12.1 Å². The van der Waals surface area contributed by atoms with Gasteiger partial charge in [-0.2, -0.15) is 0 Å². The van der Waals surface area contributed by atoms with E-state index >= 15 is 0 Å². The van der Waals surface area contributed by atoms with Crippen LogP contribution in [0.2, 0.25) is 0 Å². The Balaban J connectivity index is 1.38. The molecule has 1 atom stereocenters. The van der Waals surface area contributed by atoms with Crippen molar-refractivity contribution in [3.8, 4) is 5.75 Å². The number of amides is 1. The largest absolute Gasteiger partial charge is 0.496 e. The van der Waals surface area contributed by atoms with Crippen molar-refractivity contribution in [2.75, 3.05) is 7.11 Å². The molecule has 0 saturated heterocycles. The van der Waals surface area contributed by atoms with Crippen LogP contribution in [0.4, 0.5) is 0 Å². The molecule has 1 heterocycles. The Morgan fingerprint density at radius 3 is 2.94 bits per heavy atom. The summed E-state index contributed by atoms with van der Waals surface area (Å²) < 4.78 is 7.37. The van der Waals surface area contributed by atoms with Crippen molar-refractivity contribution < 1.29 is 9.53 Å². The molecule has 0 N–H and O–H groups in total. The molecule has 0 radical (unpaired) electrons. The molecule has 172 valence electrons. The average Bonchev–Trinajstić information content (AvgIpc) is 3.30. The second-order valence-electron chi connectivity index (χ2n) is 8.33. The number of nitroso groups, excluding NO2 is 1. The van der Waals surface area contributed by atoms with E-state index < -0.39 is 5.91 Å². The van der Waals surface area contributed by atoms with Gasteiger partial charge in [-0.3, -0.25) is 9.36 Å². The lowest BCUT2D eigenvalue weighted by Crippen LogP contribution is -2.02. The highest BCUT2D eigenvalue weighted by Gasteiger charge is 2.14. The van der Waals surface area contributed by atoms with E-state index in [4.69, 9.17) is 4.74 Å². The number of allylic oxidation sites excluding steroid dienone is 8. The van der Waals surface area contributed by atoms with E-state index in [1.807, 2.05) is 30.6 Å². The summed E-state index contributed by atoms with van der Waals surface area (Å²) in [6.07, 6.45) is 17.6. The number of benzene rings is 2. The molecule has 0 fully saturated rings. The summed E-state index contributed by atoms with van der Waals surface area (Å²) in [6, 6.07) is 13.4. The number of carbonyl (C=O) groups is 1. The van der Waals surface area contributed by atoms with Crippen LogP contribution in [0.1, 0.15) is 35.7 Å². The number of nitrogens with zero attached hydrogens (tertiary/aromatic N) is 3. The van der Waals surface area contributed by atoms with Crippen LogP contribution in [0.25, 0.3) is 16.7 Å². The SMILES string of the molecule is COc1cc(CC(C)C=CCC=C2C=C(n3cnc4ccccc43)C=CC2)ccc1C(=O)N=O. The zero-order valence-corrected chi connectivity index (χ0v) is 19.3. The Bertz CT molecular complexity index is 1330. The van der Waals surface area contributed by atoms with Crippen LogP contribution in [0.3, 0.4) is 0 Å². The van der Waals surface area contributed by atoms with Gasteiger partial charge in [-0.15, -0.1) is 4.91 Å². The highest BCUT2D eigenvalue weighted by Crippen LogP contribution is 2.25. The molecule has 1 aliphatic rings. The van der Waals surface area contributed by atoms with Crippen LogP contribution in [-0.4, -0.2) is 22.6 Å². The summed E-state index contributed by atoms with van der Waals surface area (Å²) in [6.45, 7) is 2.15. The molecule has 34 heavy (non-hydrogen) atoms. The second kappa shape index (κ2) is 10.7. The number of methoxy groups -OCH3 is 1. The number of para-hydroxylation sites is 2. The van der Waals surface area contributed by atoms with Gasteiger partial charge in [0.2, 0.25) is 0 Å². The minimum Gasteiger partial charge on any atom is -0.496 e. The molecular weight excluding hydrogens is 426 g/mol. The molecule has 0 aliphatic heterocycles. The summed E-state index contributed by atoms with van der Waals surface area (Å²) in [7, 11) is 1.48. The lowest BCUT2D eigenvalue weighted by molar-refractivity contribution is 0.0998. The predicted molar refractivity (Wildman–Crippen MR) is 136 cm³/mol. The number of carbonyl (C=O) groups excluding carboxylic acids is 1. The average molecular weight is 454 g/mol. The maximum absolute atomic E-state index is 11.6. The fraction of sp³-hybridized carbons (Fsp3) is 0.214. The summed E-state index contributed by atoms with van der Waals surface area (Å²) in [5.74, 6) is -0.134. The molecule has 0 bridgehead atoms. The van der Waals surface area contributed by atoms with E-state index in [-0.39, 0.29) is 5.56 Å². The lowest BCUT2D eigenvalue weighted by Gasteiger charge is -2.12. The first-order valence-electron chi connectivity index (χ1n) is 11.3. The maximum atomic E-state index is 11.6. The van der Waals surface area contributed by atoms with Gasteiger partial charge < -0.3 is 4.74 Å². The molecule has 1 amide bonds. The van der Waals surface area contributed by atoms with E-state index in [0.29, 0.717) is 11.7 Å². The number of rotatable bonds is 8. The van der Waals surface area contributed by atoms with E-state index in [1.165, 1.54) is 12.7 Å². The summed E-state index contributed by atoms with van der Waals surface area (Å²) in [5.41, 5.74) is 5.71. The zero-order valence-electron chi connectivity index (χ0n) is 19.3. The van der Waals surface area contributed by atoms with Crippen molar-refractivity contribution in [2.45, 2.75) is 26.2 Å². The number of ether oxygens (including phenoxy) is 1. The fourth-order valence-electron chi connectivity index (χ4n) is 4.13. The second-order valence-corrected chi connectivity index (χ2v) is 8.33. The molecule has 0 spiro atoms. The van der Waals surface area contributed by atoms with Gasteiger partial charge in [-0.05, 0) is 72.7 Å². The van der Waals surface area contributed by atoms with Crippen LogP contribution in [-0.2, 0) is 6.42 Å². The summed E-state index contributed by atoms with van der Waals surface area (Å²) in [5, 5.41) is 2.48. The molecule has 6 heteroatoms. The number of hydrogen-bond acceptors (Lipinski definition) is 4. The topological polar surface area (TPSA) is 73.6 Å². The van der Waals surface area contributed by atoms with Gasteiger partial charge >= 0.3 is 5.91 Å². The van der Waals surface area contributed by atoms with Crippen molar-refractivity contribution in [3.63, 3.8) is 0 Å². The molecule has 2 aromatic carbocycles. The number of imidazole rings is 1. The quantitative estimate of drug-likeness (QED) is 0.288. The molecule has 0 saturated carbocycles. The number of aromatic nitrogens is 2. The highest BCUT2D eigenvalue weighted by molar-refractivity contribution is 5.97. The number of fused-ring (bicyclic) bond motifs is 1. The van der Waals surface area contributed by atoms with Crippen molar-refractivity contribution in [1.82, 2.24) is 9.55 Å². The summed E-state index contributed by atoms with van der Waals surface area (Å²) >= 11 is 0. The molecule has 3 aromatic rings. The monoisotopic (exact) mass is 453 g/mol. The van der Waals surface area contributed by atoms with Crippen LogP contribution < -0.4 is 4.74 Å². The molecule has 1 aromatic heterocycles. The van der Waals surface area contributed by atoms with Crippen LogP contribution in [0.15, 0.2) is 96.0 Å². The first-order chi connectivity index (χ1) is 16.6. The fourth-order valence-corrected chi connectivity index (χ4v) is 4.13. The molecule has 1 aliphatic carbocycles. The highest BCUT2D eigenvalue weighted by atomic mass is 16.5. The van der Waals surface area contributed by atoms with Crippen molar-refractivity contribution >= 4 is 22.6 Å². The molecule has 1 unspecified atom stereocenters. The van der Waals surface area contributed by atoms with Gasteiger partial charge in [0.05, 0.1) is 23.7 Å². The number of hydrogen-bond donors (Lipinski definition) is 0. The van der Waals surface area contributed by atoms with Gasteiger partial charge in [0.1, 0.15) is 12.1 Å². The standard InChI is InChI=1S/C28H27N3O3/c1-20(16-22-14-15-24(28(32)30-33)27(18-22)34-2)8-3-4-9-21-10-7-11-23(17-21)31-19-29-25-12-5-6-13-26(25)31/h3,5-9,11-15,17-20H,4,10,16H2,1-2H3. The Hall–Kier alpha value is -4.06. The normalized spacial score (nSPS) is 15.6. The minimum atomic E-state index is -0.819. The Morgan fingerprint density at radius 2 is 2.12 bits per heavy atom. The lowest BCUT2D eigenvalue weighted by atomic mass is 9.98. The molecular formula is C28H27N3O3. The van der Waals surface area contributed by atoms with Crippen LogP contribution in [0.5, 0.6) is 5.75 Å². The van der Waals surface area contributed by atoms with E-state index in [9.17, 15) is 9.70 Å². The Labute approximate surface area is 198 Å². The van der Waals surface area contributed by atoms with Crippen molar-refractivity contribution in [3.05, 3.63) is 107 Å². The van der Waals surface area contributed by atoms with Crippen LogP contribution >= 0.6 is 0 Å². The third-order valence-corrected chi connectivity index (χ3v) is 5.82. The van der Waals surface area contributed by atoms with Gasteiger partial charge in [0.25, 0.3) is 0 Å². The van der Waals surface area contributed by atoms with Crippen LogP contribution in [0, 0.1) is 10.8 Å². The van der Waals surface area contributed by atoms with Gasteiger partial charge in [0, 0.05) is 10.9 Å². The Morgan fingerprint density at radius 1 is 1.26 bits per heavy atom. The predicted octanol–water partition coefficient (Wildman–Crippen LogP) is 6.50. The van der Waals surface area contributed by atoms with Gasteiger partial charge in [0.15, 0.2) is 0 Å². The minimum absolute atomic E-state index is 0.189. The Kier molecular flexibility index (Phi) is 7.28. The van der Waals surface area contributed by atoms with Crippen molar-refractivity contribution in [1.29, 1.82) is 0 Å². The first kappa shape index (κ1) is 23.1. The molecule has 6 nitrogen and oxygen atoms in total. The summed E-state index contributed by atoms with van der Waals surface area (Å²) in [4.78, 5) is 26.6. The smallest absolute Gasteiger partial charge is 0.320 e. The third kappa shape index (κ3) is 5.29. The van der Waals surface area contributed by atoms with E-state index in [2.05, 4.69) is 64.2 Å². The first-order valence-corrected chi connectivity index (χ1v) is 11.3. The van der Waals surface area contributed by atoms with Gasteiger partial charge in [-0.1, -0.05) is 49.4 Å². The molecule has 4 rings (SSSR count). The van der Waals surface area contributed by atoms with Crippen molar-refractivity contribution in [2.24, 2.45) is 11.1 Å². The third-order valence-electron chi connectivity index (χ3n) is 5.82.